The van der Waals surface area contributed by atoms with Gasteiger partial charge in [-0.1, -0.05) is 36.8 Å². The summed E-state index contributed by atoms with van der Waals surface area (Å²) in [5.41, 5.74) is 2.57. The molecule has 1 saturated carbocycles. The molecule has 0 saturated heterocycles. The zero-order valence-electron chi connectivity index (χ0n) is 12.9. The van der Waals surface area contributed by atoms with Crippen LogP contribution in [0.3, 0.4) is 0 Å². The summed E-state index contributed by atoms with van der Waals surface area (Å²) in [7, 11) is 0. The van der Waals surface area contributed by atoms with Gasteiger partial charge in [-0.2, -0.15) is 0 Å². The van der Waals surface area contributed by atoms with E-state index in [9.17, 15) is 4.79 Å². The zero-order valence-corrected chi connectivity index (χ0v) is 12.9. The number of aryl methyl sites for hydroxylation is 1. The summed E-state index contributed by atoms with van der Waals surface area (Å²) in [4.78, 5) is 14.4. The predicted molar refractivity (Wildman–Crippen MR) is 82.5 cm³/mol. The fourth-order valence-electron chi connectivity index (χ4n) is 2.29. The second kappa shape index (κ2) is 6.89. The molecular weight excluding hydrogens is 248 g/mol. The maximum atomic E-state index is 12.0. The highest BCUT2D eigenvalue weighted by Crippen LogP contribution is 2.28. The number of carbonyl (C=O) groups excluding carboxylic acids is 1. The third-order valence-electron chi connectivity index (χ3n) is 3.94. The minimum Gasteiger partial charge on any atom is -0.353 e. The normalized spacial score (nSPS) is 16.2. The van der Waals surface area contributed by atoms with E-state index < -0.39 is 0 Å². The van der Waals surface area contributed by atoms with E-state index in [1.807, 2.05) is 0 Å². The lowest BCUT2D eigenvalue weighted by Gasteiger charge is -2.22. The number of benzene rings is 1. The van der Waals surface area contributed by atoms with Crippen LogP contribution in [-0.2, 0) is 11.3 Å². The number of hydrogen-bond donors (Lipinski definition) is 1. The minimum absolute atomic E-state index is 0.151. The summed E-state index contributed by atoms with van der Waals surface area (Å²) in [5.74, 6) is 0.151. The molecule has 0 radical (unpaired) electrons. The molecule has 1 amide bonds. The minimum atomic E-state index is 0.151. The average molecular weight is 274 g/mol. The van der Waals surface area contributed by atoms with Crippen molar-refractivity contribution in [2.45, 2.75) is 58.7 Å². The van der Waals surface area contributed by atoms with Gasteiger partial charge in [0.15, 0.2) is 0 Å². The molecule has 1 aromatic carbocycles. The molecule has 1 fully saturated rings. The second-order valence-electron chi connectivity index (χ2n) is 6.00. The summed E-state index contributed by atoms with van der Waals surface area (Å²) in [6, 6.07) is 9.47. The summed E-state index contributed by atoms with van der Waals surface area (Å²) in [5, 5.41) is 3.06. The first-order chi connectivity index (χ1) is 9.58. The Balaban J connectivity index is 1.90. The van der Waals surface area contributed by atoms with E-state index in [2.05, 4.69) is 55.3 Å². The van der Waals surface area contributed by atoms with Gasteiger partial charge in [-0.05, 0) is 38.7 Å². The topological polar surface area (TPSA) is 32.3 Å². The van der Waals surface area contributed by atoms with Crippen molar-refractivity contribution in [3.05, 3.63) is 35.4 Å². The molecule has 0 bridgehead atoms. The summed E-state index contributed by atoms with van der Waals surface area (Å²) in [6.07, 6.45) is 3.43. The Morgan fingerprint density at radius 3 is 2.55 bits per heavy atom. The van der Waals surface area contributed by atoms with Crippen LogP contribution in [0.4, 0.5) is 0 Å². The molecule has 1 aliphatic carbocycles. The second-order valence-corrected chi connectivity index (χ2v) is 6.00. The highest BCUT2D eigenvalue weighted by molar-refractivity contribution is 5.78. The standard InChI is InChI=1S/C17H26N2O/c1-4-14(3)18-17(20)12-19(16-9-10-16)11-15-7-5-13(2)6-8-15/h5-8,14,16H,4,9-12H2,1-3H3,(H,18,20)/t14-/m1/s1. The molecular formula is C17H26N2O. The van der Waals surface area contributed by atoms with Gasteiger partial charge in [0.25, 0.3) is 0 Å². The van der Waals surface area contributed by atoms with Crippen LogP contribution in [0.2, 0.25) is 0 Å². The van der Waals surface area contributed by atoms with Gasteiger partial charge in [0.2, 0.25) is 5.91 Å². The molecule has 0 aromatic heterocycles. The monoisotopic (exact) mass is 274 g/mol. The van der Waals surface area contributed by atoms with Crippen LogP contribution in [0.25, 0.3) is 0 Å². The molecule has 2 rings (SSSR count). The largest absolute Gasteiger partial charge is 0.353 e. The smallest absolute Gasteiger partial charge is 0.234 e. The third-order valence-corrected chi connectivity index (χ3v) is 3.94. The van der Waals surface area contributed by atoms with Gasteiger partial charge >= 0.3 is 0 Å². The van der Waals surface area contributed by atoms with Crippen LogP contribution in [-0.4, -0.2) is 29.4 Å². The molecule has 20 heavy (non-hydrogen) atoms. The molecule has 1 aromatic rings. The number of nitrogens with zero attached hydrogens (tertiary/aromatic N) is 1. The molecule has 0 unspecified atom stereocenters. The maximum Gasteiger partial charge on any atom is 0.234 e. The Labute approximate surface area is 122 Å². The molecule has 1 aliphatic rings. The molecule has 110 valence electrons. The fourth-order valence-corrected chi connectivity index (χ4v) is 2.29. The molecule has 3 heteroatoms. The van der Waals surface area contributed by atoms with Gasteiger partial charge in [-0.15, -0.1) is 0 Å². The molecule has 0 aliphatic heterocycles. The molecule has 0 heterocycles. The number of carbonyl (C=O) groups is 1. The van der Waals surface area contributed by atoms with E-state index in [1.54, 1.807) is 0 Å². The van der Waals surface area contributed by atoms with Crippen molar-refractivity contribution in [1.82, 2.24) is 10.2 Å². The fraction of sp³-hybridized carbons (Fsp3) is 0.588. The van der Waals surface area contributed by atoms with Crippen LogP contribution in [0.15, 0.2) is 24.3 Å². The number of rotatable bonds is 7. The summed E-state index contributed by atoms with van der Waals surface area (Å²) < 4.78 is 0. The van der Waals surface area contributed by atoms with Gasteiger partial charge < -0.3 is 5.32 Å². The van der Waals surface area contributed by atoms with Gasteiger partial charge in [0.05, 0.1) is 6.54 Å². The van der Waals surface area contributed by atoms with Crippen LogP contribution in [0.5, 0.6) is 0 Å². The van der Waals surface area contributed by atoms with Crippen LogP contribution >= 0.6 is 0 Å². The van der Waals surface area contributed by atoms with E-state index in [1.165, 1.54) is 24.0 Å². The first-order valence-corrected chi connectivity index (χ1v) is 7.67. The number of hydrogen-bond acceptors (Lipinski definition) is 2. The van der Waals surface area contributed by atoms with Gasteiger partial charge in [0.1, 0.15) is 0 Å². The molecule has 1 N–H and O–H groups in total. The Kier molecular flexibility index (Phi) is 5.18. The maximum absolute atomic E-state index is 12.0. The molecule has 1 atom stereocenters. The van der Waals surface area contributed by atoms with Gasteiger partial charge in [0, 0.05) is 18.6 Å². The Bertz CT molecular complexity index is 437. The third kappa shape index (κ3) is 4.64. The highest BCUT2D eigenvalue weighted by atomic mass is 16.2. The van der Waals surface area contributed by atoms with E-state index in [0.717, 1.165) is 13.0 Å². The SMILES string of the molecule is CC[C@@H](C)NC(=O)CN(Cc1ccc(C)cc1)C1CC1. The number of amides is 1. The first kappa shape index (κ1) is 15.0. The zero-order chi connectivity index (χ0) is 14.5. The van der Waals surface area contributed by atoms with Crippen molar-refractivity contribution in [3.8, 4) is 0 Å². The Morgan fingerprint density at radius 1 is 1.35 bits per heavy atom. The van der Waals surface area contributed by atoms with Crippen molar-refractivity contribution in [2.24, 2.45) is 0 Å². The lowest BCUT2D eigenvalue weighted by atomic mass is 10.1. The highest BCUT2D eigenvalue weighted by Gasteiger charge is 2.30. The van der Waals surface area contributed by atoms with E-state index in [4.69, 9.17) is 0 Å². The van der Waals surface area contributed by atoms with Crippen molar-refractivity contribution >= 4 is 5.91 Å². The van der Waals surface area contributed by atoms with Crippen molar-refractivity contribution in [3.63, 3.8) is 0 Å². The Morgan fingerprint density at radius 2 is 2.00 bits per heavy atom. The van der Waals surface area contributed by atoms with E-state index in [0.29, 0.717) is 12.6 Å². The van der Waals surface area contributed by atoms with Crippen molar-refractivity contribution < 1.29 is 4.79 Å². The quantitative estimate of drug-likeness (QED) is 0.829. The van der Waals surface area contributed by atoms with E-state index in [-0.39, 0.29) is 11.9 Å². The van der Waals surface area contributed by atoms with Gasteiger partial charge in [-0.25, -0.2) is 0 Å². The Hall–Kier alpha value is -1.35. The lowest BCUT2D eigenvalue weighted by Crippen LogP contribution is -2.41. The van der Waals surface area contributed by atoms with Crippen LogP contribution in [0.1, 0.15) is 44.2 Å². The molecule has 3 nitrogen and oxygen atoms in total. The summed E-state index contributed by atoms with van der Waals surface area (Å²) in [6.45, 7) is 7.64. The van der Waals surface area contributed by atoms with Crippen LogP contribution in [0, 0.1) is 6.92 Å². The lowest BCUT2D eigenvalue weighted by molar-refractivity contribution is -0.123. The van der Waals surface area contributed by atoms with Gasteiger partial charge in [-0.3, -0.25) is 9.69 Å². The van der Waals surface area contributed by atoms with Crippen LogP contribution < -0.4 is 5.32 Å². The van der Waals surface area contributed by atoms with Crippen molar-refractivity contribution in [2.75, 3.05) is 6.54 Å². The first-order valence-electron chi connectivity index (χ1n) is 7.67. The summed E-state index contributed by atoms with van der Waals surface area (Å²) >= 11 is 0. The number of nitrogens with one attached hydrogen (secondary N) is 1. The average Bonchev–Trinajstić information content (AvgIpc) is 3.24. The predicted octanol–water partition coefficient (Wildman–Crippen LogP) is 2.87. The molecule has 0 spiro atoms. The van der Waals surface area contributed by atoms with E-state index >= 15 is 0 Å². The van der Waals surface area contributed by atoms with Crippen molar-refractivity contribution in [1.29, 1.82) is 0 Å².